The van der Waals surface area contributed by atoms with E-state index < -0.39 is 0 Å². The van der Waals surface area contributed by atoms with Gasteiger partial charge in [0.1, 0.15) is 0 Å². The van der Waals surface area contributed by atoms with Crippen LogP contribution in [0.25, 0.3) is 0 Å². The maximum absolute atomic E-state index is 4.47. The first-order valence-electron chi connectivity index (χ1n) is 19.7. The van der Waals surface area contributed by atoms with Crippen LogP contribution < -0.4 is 5.43 Å². The molecular formula is C40H82N2. The number of nitrogens with one attached hydrogen (secondary N) is 1. The van der Waals surface area contributed by atoms with Gasteiger partial charge in [0.15, 0.2) is 0 Å². The molecule has 0 aliphatic rings. The van der Waals surface area contributed by atoms with E-state index in [4.69, 9.17) is 0 Å². The molecule has 0 bridgehead atoms. The van der Waals surface area contributed by atoms with Gasteiger partial charge in [-0.1, -0.05) is 194 Å². The quantitative estimate of drug-likeness (QED) is 0.0448. The van der Waals surface area contributed by atoms with Gasteiger partial charge in [-0.05, 0) is 51.5 Å². The summed E-state index contributed by atoms with van der Waals surface area (Å²) in [5.74, 6) is 0.976. The first-order chi connectivity index (χ1) is 20.6. The molecule has 1 unspecified atom stereocenters. The molecule has 0 spiro atoms. The molecule has 0 heterocycles. The predicted molar refractivity (Wildman–Crippen MR) is 193 cm³/mol. The van der Waals surface area contributed by atoms with E-state index in [0.717, 1.165) is 18.5 Å². The van der Waals surface area contributed by atoms with E-state index in [2.05, 4.69) is 51.8 Å². The van der Waals surface area contributed by atoms with Gasteiger partial charge in [-0.2, -0.15) is 0 Å². The molecule has 42 heavy (non-hydrogen) atoms. The lowest BCUT2D eigenvalue weighted by molar-refractivity contribution is 0.127. The van der Waals surface area contributed by atoms with E-state index >= 15 is 0 Å². The minimum atomic E-state index is 0.718. The first-order valence-corrected chi connectivity index (χ1v) is 19.7. The Morgan fingerprint density at radius 1 is 0.476 bits per heavy atom. The van der Waals surface area contributed by atoms with Gasteiger partial charge in [-0.15, -0.1) is 0 Å². The van der Waals surface area contributed by atoms with Crippen LogP contribution in [0, 0.1) is 5.92 Å². The highest BCUT2D eigenvalue weighted by molar-refractivity contribution is 4.93. The van der Waals surface area contributed by atoms with Gasteiger partial charge < -0.3 is 0 Å². The highest BCUT2D eigenvalue weighted by atomic mass is 15.5. The molecule has 1 atom stereocenters. The zero-order chi connectivity index (χ0) is 30.9. The molecule has 0 radical (unpaired) electrons. The molecule has 252 valence electrons. The van der Waals surface area contributed by atoms with Crippen LogP contribution in [0.1, 0.15) is 220 Å². The maximum Gasteiger partial charge on any atom is 0.0243 e. The summed E-state index contributed by atoms with van der Waals surface area (Å²) in [4.78, 5) is 0. The maximum atomic E-state index is 4.47. The summed E-state index contributed by atoms with van der Waals surface area (Å²) in [7, 11) is 2.11. The van der Waals surface area contributed by atoms with Gasteiger partial charge >= 0.3 is 0 Å². The van der Waals surface area contributed by atoms with E-state index in [9.17, 15) is 0 Å². The third-order valence-corrected chi connectivity index (χ3v) is 9.85. The Labute approximate surface area is 268 Å². The summed E-state index contributed by atoms with van der Waals surface area (Å²) in [6.45, 7) is 14.8. The smallest absolute Gasteiger partial charge is 0.0243 e. The number of hydrogen-bond donors (Lipinski definition) is 1. The van der Waals surface area contributed by atoms with Crippen LogP contribution >= 0.6 is 0 Å². The lowest BCUT2D eigenvalue weighted by Crippen LogP contribution is -2.43. The molecular weight excluding hydrogens is 508 g/mol. The van der Waals surface area contributed by atoms with Crippen LogP contribution in [0.4, 0.5) is 0 Å². The summed E-state index contributed by atoms with van der Waals surface area (Å²) in [5, 5.41) is 2.49. The Morgan fingerprint density at radius 3 is 1.29 bits per heavy atom. The average Bonchev–Trinajstić information content (AvgIpc) is 2.99. The van der Waals surface area contributed by atoms with Crippen LogP contribution in [0.15, 0.2) is 12.2 Å². The van der Waals surface area contributed by atoms with Crippen molar-refractivity contribution in [1.29, 1.82) is 0 Å². The summed E-state index contributed by atoms with van der Waals surface area (Å²) in [5.41, 5.74) is 5.01. The number of allylic oxidation sites excluding steroid dienone is 1. The fourth-order valence-corrected chi connectivity index (χ4v) is 6.95. The third kappa shape index (κ3) is 27.2. The molecule has 0 aliphatic carbocycles. The van der Waals surface area contributed by atoms with Gasteiger partial charge in [0.25, 0.3) is 0 Å². The summed E-state index contributed by atoms with van der Waals surface area (Å²) in [6, 6.07) is 0.718. The van der Waals surface area contributed by atoms with Crippen molar-refractivity contribution in [3.8, 4) is 0 Å². The van der Waals surface area contributed by atoms with Crippen LogP contribution in [-0.4, -0.2) is 24.6 Å². The van der Waals surface area contributed by atoms with Gasteiger partial charge in [-0.25, -0.2) is 5.01 Å². The third-order valence-electron chi connectivity index (χ3n) is 9.85. The molecule has 1 N–H and O–H groups in total. The van der Waals surface area contributed by atoms with Gasteiger partial charge in [-0.3, -0.25) is 5.43 Å². The minimum Gasteiger partial charge on any atom is -0.258 e. The number of hydrazine groups is 1. The first kappa shape index (κ1) is 41.7. The van der Waals surface area contributed by atoms with E-state index in [-0.39, 0.29) is 0 Å². The fraction of sp³-hybridized carbons (Fsp3) is 0.950. The van der Waals surface area contributed by atoms with Crippen molar-refractivity contribution < 1.29 is 0 Å². The molecule has 0 rings (SSSR count). The molecule has 0 saturated carbocycles. The summed E-state index contributed by atoms with van der Waals surface area (Å²) < 4.78 is 0. The normalized spacial score (nSPS) is 12.5. The number of unbranched alkanes of at least 4 members (excludes halogenated alkanes) is 18. The molecule has 0 aromatic carbocycles. The Kier molecular flexibility index (Phi) is 33.3. The second kappa shape index (κ2) is 33.6. The van der Waals surface area contributed by atoms with Gasteiger partial charge in [0.2, 0.25) is 0 Å². The van der Waals surface area contributed by atoms with E-state index in [1.165, 1.54) is 198 Å². The lowest BCUT2D eigenvalue weighted by atomic mass is 9.89. The van der Waals surface area contributed by atoms with Crippen molar-refractivity contribution in [2.45, 2.75) is 226 Å². The van der Waals surface area contributed by atoms with Crippen molar-refractivity contribution in [2.75, 3.05) is 13.6 Å². The van der Waals surface area contributed by atoms with Gasteiger partial charge in [0.05, 0.1) is 0 Å². The Hall–Kier alpha value is -0.340. The average molecular weight is 591 g/mol. The zero-order valence-electron chi connectivity index (χ0n) is 30.2. The Bertz CT molecular complexity index is 514. The molecule has 0 aromatic rings. The molecule has 0 fully saturated rings. The number of hydrogen-bond acceptors (Lipinski definition) is 2. The second-order valence-electron chi connectivity index (χ2n) is 13.8. The van der Waals surface area contributed by atoms with Crippen LogP contribution in [0.5, 0.6) is 0 Å². The van der Waals surface area contributed by atoms with Gasteiger partial charge in [0, 0.05) is 12.6 Å². The number of nitrogens with zero attached hydrogens (tertiary/aromatic N) is 1. The van der Waals surface area contributed by atoms with E-state index in [0.29, 0.717) is 0 Å². The van der Waals surface area contributed by atoms with Crippen molar-refractivity contribution >= 4 is 0 Å². The highest BCUT2D eigenvalue weighted by Gasteiger charge is 2.15. The molecule has 0 aliphatic heterocycles. The lowest BCUT2D eigenvalue weighted by Gasteiger charge is -2.30. The molecule has 2 nitrogen and oxygen atoms in total. The van der Waals surface area contributed by atoms with Crippen molar-refractivity contribution in [3.05, 3.63) is 12.2 Å². The van der Waals surface area contributed by atoms with Crippen LogP contribution in [0.3, 0.4) is 0 Å². The molecule has 2 heteroatoms. The van der Waals surface area contributed by atoms with Crippen molar-refractivity contribution in [2.24, 2.45) is 5.92 Å². The van der Waals surface area contributed by atoms with Crippen molar-refractivity contribution in [3.63, 3.8) is 0 Å². The summed E-state index contributed by atoms with van der Waals surface area (Å²) >= 11 is 0. The highest BCUT2D eigenvalue weighted by Crippen LogP contribution is 2.25. The van der Waals surface area contributed by atoms with Crippen LogP contribution in [-0.2, 0) is 0 Å². The van der Waals surface area contributed by atoms with E-state index in [1.54, 1.807) is 0 Å². The molecule has 0 amide bonds. The Morgan fingerprint density at radius 2 is 0.833 bits per heavy atom. The molecule has 0 aromatic heterocycles. The monoisotopic (exact) mass is 591 g/mol. The Balaban J connectivity index is 3.97. The summed E-state index contributed by atoms with van der Waals surface area (Å²) in [6.07, 6.45) is 42.2. The van der Waals surface area contributed by atoms with E-state index in [1.807, 2.05) is 0 Å². The van der Waals surface area contributed by atoms with Crippen LogP contribution in [0.2, 0.25) is 0 Å². The fourth-order valence-electron chi connectivity index (χ4n) is 6.95. The second-order valence-corrected chi connectivity index (χ2v) is 13.8. The zero-order valence-corrected chi connectivity index (χ0v) is 30.2. The number of rotatable bonds is 35. The predicted octanol–water partition coefficient (Wildman–Crippen LogP) is 13.7. The van der Waals surface area contributed by atoms with Crippen molar-refractivity contribution in [1.82, 2.24) is 10.4 Å². The minimum absolute atomic E-state index is 0.718. The standard InChI is InChI=1S/C40H82N2/c1-7-11-14-17-18-19-23-28-36-40(42(10-4)41-6)37-29-24-21-20-22-25-31-38(5)32-30-35-39(33-26-15-12-8-2)34-27-16-13-9-3/h39-41H,5,7-37H2,1-4,6H3. The largest absolute Gasteiger partial charge is 0.258 e. The SMILES string of the molecule is C=C(CCCCCCCCC(CCCCCCCCCC)N(CC)NC)CCCC(CCCCCC)CCCCCC. The topological polar surface area (TPSA) is 15.3 Å². The molecule has 0 saturated heterocycles.